The molecule has 2 aliphatic heterocycles. The van der Waals surface area contributed by atoms with E-state index >= 15 is 0 Å². The van der Waals surface area contributed by atoms with E-state index in [2.05, 4.69) is 19.8 Å². The van der Waals surface area contributed by atoms with Gasteiger partial charge in [-0.15, -0.1) is 0 Å². The Morgan fingerprint density at radius 2 is 1.52 bits per heavy atom. The SMILES string of the molecule is Cc1ccc(S(=O)(=O)Nc2cc(C(=O)N3CCN(C)CC3)ccc2N2CCNCC2)cc1C.O=C(O)C(F)(F)F. The normalized spacial score (nSPS) is 16.6. The molecule has 0 aliphatic carbocycles. The van der Waals surface area contributed by atoms with Crippen molar-refractivity contribution in [3.63, 3.8) is 0 Å². The van der Waals surface area contributed by atoms with Gasteiger partial charge in [0.15, 0.2) is 0 Å². The van der Waals surface area contributed by atoms with Crippen LogP contribution in [0.3, 0.4) is 0 Å². The third-order valence-electron chi connectivity index (χ3n) is 6.77. The number of piperazine rings is 2. The van der Waals surface area contributed by atoms with Gasteiger partial charge in [-0.25, -0.2) is 13.2 Å². The second kappa shape index (κ2) is 12.9. The third-order valence-corrected chi connectivity index (χ3v) is 8.13. The van der Waals surface area contributed by atoms with Crippen molar-refractivity contribution in [1.29, 1.82) is 0 Å². The fraction of sp³-hybridized carbons (Fsp3) is 0.462. The van der Waals surface area contributed by atoms with Crippen LogP contribution < -0.4 is 14.9 Å². The maximum Gasteiger partial charge on any atom is 0.490 e. The average molecular weight is 586 g/mol. The quantitative estimate of drug-likeness (QED) is 0.490. The van der Waals surface area contributed by atoms with Gasteiger partial charge in [-0.3, -0.25) is 9.52 Å². The summed E-state index contributed by atoms with van der Waals surface area (Å²) < 4.78 is 61.1. The summed E-state index contributed by atoms with van der Waals surface area (Å²) in [5.74, 6) is -2.82. The number of aryl methyl sites for hydroxylation is 2. The molecule has 0 aromatic heterocycles. The van der Waals surface area contributed by atoms with Crippen molar-refractivity contribution in [3.05, 3.63) is 53.1 Å². The van der Waals surface area contributed by atoms with Crippen LogP contribution in [0.5, 0.6) is 0 Å². The molecule has 0 unspecified atom stereocenters. The molecule has 40 heavy (non-hydrogen) atoms. The lowest BCUT2D eigenvalue weighted by Crippen LogP contribution is -2.47. The summed E-state index contributed by atoms with van der Waals surface area (Å²) in [5.41, 5.74) is 3.68. The Labute approximate surface area is 231 Å². The Kier molecular flexibility index (Phi) is 10.0. The lowest BCUT2D eigenvalue weighted by atomic mass is 10.1. The van der Waals surface area contributed by atoms with Gasteiger partial charge in [0.2, 0.25) is 0 Å². The Balaban J connectivity index is 0.000000559. The number of carbonyl (C=O) groups excluding carboxylic acids is 1. The summed E-state index contributed by atoms with van der Waals surface area (Å²) in [4.78, 5) is 28.5. The monoisotopic (exact) mass is 585 g/mol. The Morgan fingerprint density at radius 1 is 0.925 bits per heavy atom. The molecule has 4 rings (SSSR count). The summed E-state index contributed by atoms with van der Waals surface area (Å²) in [7, 11) is -1.77. The first kappa shape index (κ1) is 31.2. The molecule has 2 fully saturated rings. The highest BCUT2D eigenvalue weighted by Gasteiger charge is 2.38. The van der Waals surface area contributed by atoms with Crippen LogP contribution in [0, 0.1) is 13.8 Å². The highest BCUT2D eigenvalue weighted by molar-refractivity contribution is 7.92. The number of carboxylic acids is 1. The molecule has 2 aromatic rings. The van der Waals surface area contributed by atoms with Gasteiger partial charge in [0.1, 0.15) is 0 Å². The number of nitrogens with one attached hydrogen (secondary N) is 2. The van der Waals surface area contributed by atoms with E-state index < -0.39 is 22.2 Å². The lowest BCUT2D eigenvalue weighted by Gasteiger charge is -2.33. The topological polar surface area (TPSA) is 122 Å². The van der Waals surface area contributed by atoms with E-state index in [4.69, 9.17) is 9.90 Å². The molecule has 2 heterocycles. The fourth-order valence-corrected chi connectivity index (χ4v) is 5.36. The van der Waals surface area contributed by atoms with Crippen molar-refractivity contribution in [2.24, 2.45) is 0 Å². The Hall–Kier alpha value is -3.36. The van der Waals surface area contributed by atoms with Gasteiger partial charge >= 0.3 is 12.1 Å². The molecule has 3 N–H and O–H groups in total. The van der Waals surface area contributed by atoms with Crippen molar-refractivity contribution < 1.29 is 36.3 Å². The molecule has 14 heteroatoms. The first-order valence-electron chi connectivity index (χ1n) is 12.7. The van der Waals surface area contributed by atoms with Gasteiger partial charge in [0.25, 0.3) is 15.9 Å². The highest BCUT2D eigenvalue weighted by Crippen LogP contribution is 2.31. The largest absolute Gasteiger partial charge is 0.490 e. The standard InChI is InChI=1S/C24H33N5O3S.C2HF3O2/c1-18-4-6-21(16-19(18)2)33(31,32)26-22-17-20(24(30)29-14-12-27(3)13-15-29)5-7-23(22)28-10-8-25-9-11-28;3-2(4,5)1(6)7/h4-7,16-17,25-26H,8-15H2,1-3H3;(H,6,7). The molecular formula is C26H34F3N5O5S. The molecule has 0 radical (unpaired) electrons. The van der Waals surface area contributed by atoms with Crippen LogP contribution in [0.25, 0.3) is 0 Å². The number of carboxylic acid groups (broad SMARTS) is 1. The number of hydrogen-bond donors (Lipinski definition) is 3. The number of hydrogen-bond acceptors (Lipinski definition) is 7. The maximum absolute atomic E-state index is 13.3. The second-order valence-electron chi connectivity index (χ2n) is 9.72. The zero-order valence-electron chi connectivity index (χ0n) is 22.6. The number of rotatable bonds is 5. The van der Waals surface area contributed by atoms with Crippen LogP contribution in [0.4, 0.5) is 24.5 Å². The number of halogens is 3. The van der Waals surface area contributed by atoms with Crippen LogP contribution in [0.15, 0.2) is 41.3 Å². The zero-order chi connectivity index (χ0) is 29.7. The van der Waals surface area contributed by atoms with Gasteiger partial charge in [-0.2, -0.15) is 13.2 Å². The summed E-state index contributed by atoms with van der Waals surface area (Å²) >= 11 is 0. The van der Waals surface area contributed by atoms with E-state index in [-0.39, 0.29) is 10.8 Å². The van der Waals surface area contributed by atoms with E-state index in [1.807, 2.05) is 44.0 Å². The van der Waals surface area contributed by atoms with Crippen LogP contribution in [-0.4, -0.2) is 101 Å². The molecular weight excluding hydrogens is 551 g/mol. The summed E-state index contributed by atoms with van der Waals surface area (Å²) in [6.07, 6.45) is -5.08. The van der Waals surface area contributed by atoms with Crippen molar-refractivity contribution in [3.8, 4) is 0 Å². The molecule has 2 saturated heterocycles. The number of benzene rings is 2. The third kappa shape index (κ3) is 8.08. The van der Waals surface area contributed by atoms with Crippen molar-refractivity contribution in [1.82, 2.24) is 15.1 Å². The van der Waals surface area contributed by atoms with E-state index in [0.717, 1.165) is 56.1 Å². The smallest absolute Gasteiger partial charge is 0.475 e. The van der Waals surface area contributed by atoms with Gasteiger partial charge in [-0.1, -0.05) is 6.07 Å². The number of amides is 1. The Morgan fingerprint density at radius 3 is 2.08 bits per heavy atom. The number of carbonyl (C=O) groups is 2. The molecule has 0 atom stereocenters. The first-order chi connectivity index (χ1) is 18.7. The van der Waals surface area contributed by atoms with Gasteiger partial charge in [0.05, 0.1) is 16.3 Å². The number of anilines is 2. The molecule has 2 aliphatic rings. The minimum atomic E-state index is -5.08. The summed E-state index contributed by atoms with van der Waals surface area (Å²) in [5, 5.41) is 10.4. The minimum absolute atomic E-state index is 0.0680. The number of sulfonamides is 1. The average Bonchev–Trinajstić information content (AvgIpc) is 2.90. The predicted molar refractivity (Wildman–Crippen MR) is 145 cm³/mol. The number of likely N-dealkylation sites (N-methyl/N-ethyl adjacent to an activating group) is 1. The van der Waals surface area contributed by atoms with Crippen LogP contribution in [-0.2, 0) is 14.8 Å². The lowest BCUT2D eigenvalue weighted by molar-refractivity contribution is -0.192. The number of nitrogens with zero attached hydrogens (tertiary/aromatic N) is 3. The van der Waals surface area contributed by atoms with E-state index in [1.165, 1.54) is 0 Å². The fourth-order valence-electron chi connectivity index (χ4n) is 4.21. The van der Waals surface area contributed by atoms with Crippen LogP contribution >= 0.6 is 0 Å². The number of aliphatic carboxylic acids is 1. The Bertz CT molecular complexity index is 1320. The molecule has 1 amide bonds. The van der Waals surface area contributed by atoms with Gasteiger partial charge in [0, 0.05) is 57.9 Å². The predicted octanol–water partition coefficient (Wildman–Crippen LogP) is 2.53. The van der Waals surface area contributed by atoms with Crippen molar-refractivity contribution >= 4 is 33.3 Å². The molecule has 0 saturated carbocycles. The number of alkyl halides is 3. The van der Waals surface area contributed by atoms with Gasteiger partial charge in [-0.05, 0) is 62.4 Å². The highest BCUT2D eigenvalue weighted by atomic mass is 32.2. The zero-order valence-corrected chi connectivity index (χ0v) is 23.4. The van der Waals surface area contributed by atoms with E-state index in [0.29, 0.717) is 24.3 Å². The minimum Gasteiger partial charge on any atom is -0.475 e. The molecule has 2 aromatic carbocycles. The maximum atomic E-state index is 13.3. The van der Waals surface area contributed by atoms with E-state index in [9.17, 15) is 26.4 Å². The molecule has 0 bridgehead atoms. The summed E-state index contributed by atoms with van der Waals surface area (Å²) in [6.45, 7) is 10.0. The van der Waals surface area contributed by atoms with Gasteiger partial charge < -0.3 is 25.1 Å². The molecule has 0 spiro atoms. The second-order valence-corrected chi connectivity index (χ2v) is 11.4. The van der Waals surface area contributed by atoms with E-state index in [1.54, 1.807) is 18.2 Å². The first-order valence-corrected chi connectivity index (χ1v) is 14.1. The van der Waals surface area contributed by atoms with Crippen LogP contribution in [0.2, 0.25) is 0 Å². The van der Waals surface area contributed by atoms with Crippen molar-refractivity contribution in [2.45, 2.75) is 24.9 Å². The summed E-state index contributed by atoms with van der Waals surface area (Å²) in [6, 6.07) is 10.5. The van der Waals surface area contributed by atoms with Crippen LogP contribution in [0.1, 0.15) is 21.5 Å². The molecule has 10 nitrogen and oxygen atoms in total. The van der Waals surface area contributed by atoms with Crippen molar-refractivity contribution in [2.75, 3.05) is 69.0 Å². The molecule has 220 valence electrons.